The van der Waals surface area contributed by atoms with Gasteiger partial charge in [-0.3, -0.25) is 4.90 Å². The number of alkyl halides is 1. The molecule has 2 bridgehead atoms. The van der Waals surface area contributed by atoms with E-state index in [9.17, 15) is 14.8 Å². The molecular formula is C30H29FN7O2P. The van der Waals surface area contributed by atoms with Gasteiger partial charge in [0.05, 0.1) is 24.4 Å². The summed E-state index contributed by atoms with van der Waals surface area (Å²) < 4.78 is 20.1. The van der Waals surface area contributed by atoms with Gasteiger partial charge in [-0.15, -0.1) is 9.24 Å². The van der Waals surface area contributed by atoms with Gasteiger partial charge >= 0.3 is 0 Å². The number of hydrogen-bond donors (Lipinski definition) is 1. The Labute approximate surface area is 239 Å². The molecule has 0 aromatic carbocycles. The van der Waals surface area contributed by atoms with Crippen molar-refractivity contribution >= 4 is 20.6 Å². The molecule has 4 atom stereocenters. The summed E-state index contributed by atoms with van der Waals surface area (Å²) in [5.74, 6) is 7.03. The van der Waals surface area contributed by atoms with Crippen LogP contribution >= 0.6 is 9.24 Å². The molecule has 0 spiro atoms. The van der Waals surface area contributed by atoms with Crippen LogP contribution in [-0.4, -0.2) is 80.3 Å². The van der Waals surface area contributed by atoms with Crippen LogP contribution in [0.3, 0.4) is 0 Å². The van der Waals surface area contributed by atoms with Crippen molar-refractivity contribution in [1.29, 1.82) is 5.26 Å². The topological polar surface area (TPSA) is 103 Å². The highest BCUT2D eigenvalue weighted by molar-refractivity contribution is 7.16. The molecule has 3 aliphatic rings. The van der Waals surface area contributed by atoms with E-state index in [4.69, 9.17) is 9.72 Å². The Kier molecular flexibility index (Phi) is 7.32. The fraction of sp³-hybridized carbons (Fsp3) is 0.333. The van der Waals surface area contributed by atoms with Crippen molar-refractivity contribution < 1.29 is 14.2 Å². The van der Waals surface area contributed by atoms with Crippen LogP contribution in [-0.2, 0) is 6.54 Å². The van der Waals surface area contributed by atoms with Gasteiger partial charge in [-0.25, -0.2) is 18.9 Å². The molecule has 3 saturated heterocycles. The quantitative estimate of drug-likeness (QED) is 0.268. The van der Waals surface area contributed by atoms with Gasteiger partial charge in [-0.05, 0) is 30.2 Å². The average Bonchev–Trinajstić information content (AvgIpc) is 3.45. The van der Waals surface area contributed by atoms with Crippen molar-refractivity contribution in [2.75, 3.05) is 37.9 Å². The highest BCUT2D eigenvalue weighted by atomic mass is 31.0. The molecule has 7 heterocycles. The predicted octanol–water partition coefficient (Wildman–Crippen LogP) is 3.06. The van der Waals surface area contributed by atoms with Crippen molar-refractivity contribution in [1.82, 2.24) is 24.5 Å². The summed E-state index contributed by atoms with van der Waals surface area (Å²) in [4.78, 5) is 14.0. The van der Waals surface area contributed by atoms with Gasteiger partial charge in [0.25, 0.3) is 0 Å². The highest BCUT2D eigenvalue weighted by Crippen LogP contribution is 2.36. The summed E-state index contributed by atoms with van der Waals surface area (Å²) in [7, 11) is 3.94. The minimum absolute atomic E-state index is 0.0893. The van der Waals surface area contributed by atoms with Crippen LogP contribution in [0.4, 0.5) is 10.2 Å². The van der Waals surface area contributed by atoms with Crippen LogP contribution in [0.5, 0.6) is 5.88 Å². The highest BCUT2D eigenvalue weighted by Gasteiger charge is 2.44. The third kappa shape index (κ3) is 5.23. The number of aliphatic hydroxyl groups is 1. The first-order chi connectivity index (χ1) is 19.9. The van der Waals surface area contributed by atoms with E-state index < -0.39 is 12.3 Å². The van der Waals surface area contributed by atoms with E-state index in [0.29, 0.717) is 34.6 Å². The summed E-state index contributed by atoms with van der Waals surface area (Å²) in [6.07, 6.45) is 8.13. The van der Waals surface area contributed by atoms with E-state index in [0.717, 1.165) is 36.6 Å². The zero-order valence-electron chi connectivity index (χ0n) is 22.5. The molecule has 3 fully saturated rings. The molecule has 4 aromatic rings. The van der Waals surface area contributed by atoms with Crippen LogP contribution in [0.15, 0.2) is 55.1 Å². The number of halogens is 1. The molecule has 9 nitrogen and oxygen atoms in total. The third-order valence-electron chi connectivity index (χ3n) is 7.83. The molecule has 7 rings (SSSR count). The molecular weight excluding hydrogens is 540 g/mol. The number of fused-ring (bicyclic) bond motifs is 3. The molecule has 0 aliphatic carbocycles. The van der Waals surface area contributed by atoms with Gasteiger partial charge in [0.1, 0.15) is 18.6 Å². The van der Waals surface area contributed by atoms with E-state index in [1.807, 2.05) is 30.5 Å². The minimum atomic E-state index is -1.73. The van der Waals surface area contributed by atoms with Crippen molar-refractivity contribution in [3.05, 3.63) is 71.8 Å². The number of hydrogen-bond acceptors (Lipinski definition) is 8. The van der Waals surface area contributed by atoms with Crippen molar-refractivity contribution in [3.63, 3.8) is 0 Å². The number of aromatic nitrogens is 4. The molecule has 0 saturated carbocycles. The number of nitriles is 1. The molecule has 3 aliphatic heterocycles. The Morgan fingerprint density at radius 3 is 2.63 bits per heavy atom. The molecule has 0 amide bonds. The lowest BCUT2D eigenvalue weighted by atomic mass is 9.87. The lowest BCUT2D eigenvalue weighted by Crippen LogP contribution is -2.68. The normalized spacial score (nSPS) is 19.5. The number of pyridine rings is 3. The first-order valence-electron chi connectivity index (χ1n) is 13.3. The van der Waals surface area contributed by atoms with E-state index in [1.54, 1.807) is 24.0 Å². The Balaban J connectivity index is 1.22. The first-order valence-corrected chi connectivity index (χ1v) is 14.1. The van der Waals surface area contributed by atoms with Gasteiger partial charge in [0, 0.05) is 79.2 Å². The number of ether oxygens (including phenoxy) is 1. The zero-order chi connectivity index (χ0) is 28.6. The lowest BCUT2D eigenvalue weighted by Gasteiger charge is -2.56. The third-order valence-corrected chi connectivity index (χ3v) is 8.51. The van der Waals surface area contributed by atoms with Gasteiger partial charge < -0.3 is 14.7 Å². The first kappa shape index (κ1) is 27.1. The number of anilines is 1. The molecule has 11 heteroatoms. The molecule has 41 heavy (non-hydrogen) atoms. The Morgan fingerprint density at radius 2 is 2.00 bits per heavy atom. The van der Waals surface area contributed by atoms with Crippen molar-refractivity contribution in [2.45, 2.75) is 30.7 Å². The molecule has 0 radical (unpaired) electrons. The molecule has 4 aromatic heterocycles. The number of rotatable bonds is 7. The van der Waals surface area contributed by atoms with Gasteiger partial charge in [0.15, 0.2) is 5.60 Å². The van der Waals surface area contributed by atoms with Crippen molar-refractivity contribution in [3.8, 4) is 34.9 Å². The van der Waals surface area contributed by atoms with Crippen molar-refractivity contribution in [2.24, 2.45) is 0 Å². The predicted molar refractivity (Wildman–Crippen MR) is 156 cm³/mol. The van der Waals surface area contributed by atoms with E-state index in [1.165, 1.54) is 18.2 Å². The summed E-state index contributed by atoms with van der Waals surface area (Å²) in [5.41, 5.74) is 2.59. The second kappa shape index (κ2) is 11.1. The van der Waals surface area contributed by atoms with Crippen LogP contribution in [0.1, 0.15) is 23.1 Å². The number of piperidine rings is 1. The Morgan fingerprint density at radius 1 is 1.17 bits per heavy atom. The molecule has 1 N–H and O–H groups in total. The van der Waals surface area contributed by atoms with Crippen LogP contribution < -0.4 is 9.64 Å². The number of methoxy groups -OCH3 is 1. The second-order valence-electron chi connectivity index (χ2n) is 10.5. The average molecular weight is 570 g/mol. The minimum Gasteiger partial charge on any atom is -0.481 e. The zero-order valence-corrected chi connectivity index (χ0v) is 23.7. The van der Waals surface area contributed by atoms with E-state index in [2.05, 4.69) is 53.1 Å². The number of nitrogens with zero attached hydrogens (tertiary/aromatic N) is 7. The van der Waals surface area contributed by atoms with Gasteiger partial charge in [-0.2, -0.15) is 10.4 Å². The van der Waals surface area contributed by atoms with Gasteiger partial charge in [-0.1, -0.05) is 17.9 Å². The SMILES string of the molecule is COc1ccc(CN2C3CC2CN(c2ccc(-c4cc(C#CC(O)(CF)CP)cn5ncc(C#N)c45)cn2)C3)cn1. The summed E-state index contributed by atoms with van der Waals surface area (Å²) in [6, 6.07) is 12.9. The van der Waals surface area contributed by atoms with Crippen LogP contribution in [0.25, 0.3) is 16.6 Å². The second-order valence-corrected chi connectivity index (χ2v) is 10.9. The van der Waals surface area contributed by atoms with Crippen LogP contribution in [0, 0.1) is 23.2 Å². The lowest BCUT2D eigenvalue weighted by molar-refractivity contribution is -0.00876. The maximum atomic E-state index is 13.3. The molecule has 208 valence electrons. The smallest absolute Gasteiger partial charge is 0.212 e. The largest absolute Gasteiger partial charge is 0.481 e. The Hall–Kier alpha value is -4.08. The Bertz CT molecular complexity index is 1660. The van der Waals surface area contributed by atoms with E-state index in [-0.39, 0.29) is 6.16 Å². The van der Waals surface area contributed by atoms with Gasteiger partial charge in [0.2, 0.25) is 5.88 Å². The maximum absolute atomic E-state index is 13.3. The summed E-state index contributed by atoms with van der Waals surface area (Å²) in [6.45, 7) is 1.69. The summed E-state index contributed by atoms with van der Waals surface area (Å²) >= 11 is 0. The fourth-order valence-corrected chi connectivity index (χ4v) is 5.73. The summed E-state index contributed by atoms with van der Waals surface area (Å²) in [5, 5.41) is 24.2. The standard InChI is InChI=1S/C30H29FN7O2P/c1-40-28-5-2-21(11-34-28)14-37-24-9-25(37)17-36(16-24)27-4-3-22(12-33-27)26-8-20(6-7-30(39,18-31)19-41)15-38-29(26)23(10-32)13-35-38/h2-5,8,11-13,15,24-25,39H,9,14,16-19,41H2,1H3. The molecule has 4 unspecified atom stereocenters. The monoisotopic (exact) mass is 569 g/mol. The van der Waals surface area contributed by atoms with Crippen LogP contribution in [0.2, 0.25) is 0 Å². The fourth-order valence-electron chi connectivity index (χ4n) is 5.52. The number of piperazine rings is 1. The van der Waals surface area contributed by atoms with E-state index >= 15 is 0 Å². The maximum Gasteiger partial charge on any atom is 0.212 e.